The van der Waals surface area contributed by atoms with E-state index in [9.17, 15) is 0 Å². The molecule has 2 unspecified atom stereocenters. The number of aromatic nitrogens is 1. The normalized spacial score (nSPS) is 21.5. The van der Waals surface area contributed by atoms with Gasteiger partial charge in [-0.1, -0.05) is 20.8 Å². The Bertz CT molecular complexity index is 444. The Labute approximate surface area is 133 Å². The second kappa shape index (κ2) is 7.21. The minimum atomic E-state index is 0.142. The van der Waals surface area contributed by atoms with Gasteiger partial charge in [-0.25, -0.2) is 4.98 Å². The molecule has 1 aromatic heterocycles. The predicted octanol–water partition coefficient (Wildman–Crippen LogP) is 4.36. The van der Waals surface area contributed by atoms with Gasteiger partial charge in [0.05, 0.1) is 16.8 Å². The van der Waals surface area contributed by atoms with E-state index in [1.54, 1.807) is 0 Å². The second-order valence-electron chi connectivity index (χ2n) is 7.17. The molecule has 0 spiro atoms. The van der Waals surface area contributed by atoms with Crippen LogP contribution in [0.3, 0.4) is 0 Å². The van der Waals surface area contributed by atoms with E-state index in [4.69, 9.17) is 9.72 Å². The van der Waals surface area contributed by atoms with Crippen LogP contribution in [-0.2, 0) is 10.2 Å². The van der Waals surface area contributed by atoms with Crippen LogP contribution in [0.25, 0.3) is 0 Å². The van der Waals surface area contributed by atoms with Gasteiger partial charge in [0.25, 0.3) is 0 Å². The van der Waals surface area contributed by atoms with Crippen molar-refractivity contribution in [2.45, 2.75) is 77.9 Å². The summed E-state index contributed by atoms with van der Waals surface area (Å²) in [7, 11) is 0. The summed E-state index contributed by atoms with van der Waals surface area (Å²) in [5.74, 6) is 0. The van der Waals surface area contributed by atoms with Crippen LogP contribution in [0.15, 0.2) is 0 Å². The van der Waals surface area contributed by atoms with Crippen molar-refractivity contribution in [3.63, 3.8) is 0 Å². The van der Waals surface area contributed by atoms with Crippen LogP contribution in [-0.4, -0.2) is 24.2 Å². The zero-order valence-electron chi connectivity index (χ0n) is 14.2. The maximum absolute atomic E-state index is 5.79. The van der Waals surface area contributed by atoms with Crippen molar-refractivity contribution in [2.75, 3.05) is 13.2 Å². The van der Waals surface area contributed by atoms with Gasteiger partial charge in [-0.2, -0.15) is 0 Å². The molecule has 2 atom stereocenters. The number of nitrogens with zero attached hydrogens (tertiary/aromatic N) is 1. The largest absolute Gasteiger partial charge is 0.378 e. The maximum atomic E-state index is 5.79. The van der Waals surface area contributed by atoms with Gasteiger partial charge in [-0.15, -0.1) is 11.3 Å². The van der Waals surface area contributed by atoms with Crippen LogP contribution in [0.1, 0.15) is 75.0 Å². The molecule has 1 saturated heterocycles. The van der Waals surface area contributed by atoms with Crippen LogP contribution in [0.2, 0.25) is 0 Å². The van der Waals surface area contributed by atoms with E-state index in [-0.39, 0.29) is 5.41 Å². The molecule has 0 aliphatic carbocycles. The van der Waals surface area contributed by atoms with Gasteiger partial charge in [0.15, 0.2) is 0 Å². The molecule has 0 bridgehead atoms. The molecule has 0 aromatic carbocycles. The molecule has 2 heterocycles. The third-order valence-electron chi connectivity index (χ3n) is 4.06. The molecule has 0 amide bonds. The molecule has 0 saturated carbocycles. The van der Waals surface area contributed by atoms with Gasteiger partial charge < -0.3 is 10.1 Å². The summed E-state index contributed by atoms with van der Waals surface area (Å²) in [6, 6.07) is 0.377. The van der Waals surface area contributed by atoms with E-state index in [0.29, 0.717) is 12.1 Å². The van der Waals surface area contributed by atoms with Crippen LogP contribution in [0, 0.1) is 6.92 Å². The van der Waals surface area contributed by atoms with Crippen LogP contribution < -0.4 is 5.32 Å². The summed E-state index contributed by atoms with van der Waals surface area (Å²) in [5, 5.41) is 4.88. The topological polar surface area (TPSA) is 34.2 Å². The highest BCUT2D eigenvalue weighted by Gasteiger charge is 2.22. The van der Waals surface area contributed by atoms with Gasteiger partial charge in [0, 0.05) is 22.9 Å². The molecule has 0 radical (unpaired) electrons. The Morgan fingerprint density at radius 1 is 1.38 bits per heavy atom. The number of aryl methyl sites for hydroxylation is 1. The lowest BCUT2D eigenvalue weighted by Crippen LogP contribution is -2.26. The fourth-order valence-electron chi connectivity index (χ4n) is 2.72. The number of rotatable bonds is 5. The first-order valence-corrected chi connectivity index (χ1v) is 9.02. The van der Waals surface area contributed by atoms with Crippen molar-refractivity contribution < 1.29 is 4.74 Å². The van der Waals surface area contributed by atoms with E-state index < -0.39 is 0 Å². The highest BCUT2D eigenvalue weighted by molar-refractivity contribution is 7.12. The average molecular weight is 311 g/mol. The highest BCUT2D eigenvalue weighted by Crippen LogP contribution is 2.32. The summed E-state index contributed by atoms with van der Waals surface area (Å²) in [4.78, 5) is 6.13. The molecular weight excluding hydrogens is 280 g/mol. The Hall–Kier alpha value is -0.450. The van der Waals surface area contributed by atoms with Crippen LogP contribution >= 0.6 is 11.3 Å². The monoisotopic (exact) mass is 310 g/mol. The van der Waals surface area contributed by atoms with E-state index in [0.717, 1.165) is 19.6 Å². The number of hydrogen-bond donors (Lipinski definition) is 1. The van der Waals surface area contributed by atoms with Crippen molar-refractivity contribution >= 4 is 11.3 Å². The standard InChI is InChI=1S/C17H30N2OS/c1-12(18-10-9-14-8-6-7-11-20-14)15-13(2)19-16(21-15)17(3,4)5/h12,14,18H,6-11H2,1-5H3. The van der Waals surface area contributed by atoms with Gasteiger partial charge in [-0.05, 0) is 46.1 Å². The maximum Gasteiger partial charge on any atom is 0.0985 e. The summed E-state index contributed by atoms with van der Waals surface area (Å²) in [6.07, 6.45) is 5.36. The van der Waals surface area contributed by atoms with Crippen LogP contribution in [0.4, 0.5) is 0 Å². The van der Waals surface area contributed by atoms with Gasteiger partial charge in [0.2, 0.25) is 0 Å². The summed E-state index contributed by atoms with van der Waals surface area (Å²) in [6.45, 7) is 13.0. The lowest BCUT2D eigenvalue weighted by Gasteiger charge is -2.23. The third-order valence-corrected chi connectivity index (χ3v) is 5.82. The minimum absolute atomic E-state index is 0.142. The summed E-state index contributed by atoms with van der Waals surface area (Å²) in [5.41, 5.74) is 1.32. The number of ether oxygens (including phenoxy) is 1. The van der Waals surface area contributed by atoms with Crippen molar-refractivity contribution in [3.05, 3.63) is 15.6 Å². The van der Waals surface area contributed by atoms with Gasteiger partial charge in [0.1, 0.15) is 0 Å². The molecule has 1 aromatic rings. The summed E-state index contributed by atoms with van der Waals surface area (Å²) < 4.78 is 5.79. The molecule has 3 nitrogen and oxygen atoms in total. The first-order valence-electron chi connectivity index (χ1n) is 8.20. The fourth-order valence-corrected chi connectivity index (χ4v) is 3.87. The SMILES string of the molecule is Cc1nc(C(C)(C)C)sc1C(C)NCCC1CCCCO1. The molecule has 21 heavy (non-hydrogen) atoms. The summed E-state index contributed by atoms with van der Waals surface area (Å²) >= 11 is 1.86. The Balaban J connectivity index is 1.85. The van der Waals surface area contributed by atoms with E-state index in [2.05, 4.69) is 39.9 Å². The first-order chi connectivity index (χ1) is 9.88. The molecule has 120 valence electrons. The quantitative estimate of drug-likeness (QED) is 0.877. The molecule has 1 N–H and O–H groups in total. The minimum Gasteiger partial charge on any atom is -0.378 e. The van der Waals surface area contributed by atoms with E-state index >= 15 is 0 Å². The fraction of sp³-hybridized carbons (Fsp3) is 0.824. The number of nitrogens with one attached hydrogen (secondary N) is 1. The molecule has 1 aliphatic rings. The average Bonchev–Trinajstić information content (AvgIpc) is 2.82. The van der Waals surface area contributed by atoms with E-state index in [1.807, 2.05) is 11.3 Å². The smallest absolute Gasteiger partial charge is 0.0985 e. The van der Waals surface area contributed by atoms with Crippen LogP contribution in [0.5, 0.6) is 0 Å². The predicted molar refractivity (Wildman–Crippen MR) is 90.2 cm³/mol. The Morgan fingerprint density at radius 3 is 2.71 bits per heavy atom. The van der Waals surface area contributed by atoms with Crippen molar-refractivity contribution in [1.29, 1.82) is 0 Å². The van der Waals surface area contributed by atoms with Gasteiger partial charge >= 0.3 is 0 Å². The Kier molecular flexibility index (Phi) is 5.81. The molecule has 1 fully saturated rings. The van der Waals surface area contributed by atoms with Crippen molar-refractivity contribution in [2.24, 2.45) is 0 Å². The Morgan fingerprint density at radius 2 is 2.14 bits per heavy atom. The highest BCUT2D eigenvalue weighted by atomic mass is 32.1. The second-order valence-corrected chi connectivity index (χ2v) is 8.20. The molecule has 4 heteroatoms. The lowest BCUT2D eigenvalue weighted by molar-refractivity contribution is 0.0113. The van der Waals surface area contributed by atoms with E-state index in [1.165, 1.54) is 34.8 Å². The van der Waals surface area contributed by atoms with Gasteiger partial charge in [-0.3, -0.25) is 0 Å². The zero-order chi connectivity index (χ0) is 15.5. The molecule has 2 rings (SSSR count). The van der Waals surface area contributed by atoms with Crippen molar-refractivity contribution in [1.82, 2.24) is 10.3 Å². The van der Waals surface area contributed by atoms with Crippen molar-refractivity contribution in [3.8, 4) is 0 Å². The number of hydrogen-bond acceptors (Lipinski definition) is 4. The lowest BCUT2D eigenvalue weighted by atomic mass is 9.98. The first kappa shape index (κ1) is 16.9. The third kappa shape index (κ3) is 4.76. The number of thiazole rings is 1. The molecule has 1 aliphatic heterocycles. The molecular formula is C17H30N2OS. The zero-order valence-corrected chi connectivity index (χ0v) is 15.0.